The monoisotopic (exact) mass is 1020 g/mol. The number of nitrogens with zero attached hydrogens (tertiary/aromatic N) is 2. The van der Waals surface area contributed by atoms with E-state index in [1.165, 1.54) is 115 Å². The van der Waals surface area contributed by atoms with E-state index in [1.54, 1.807) is 0 Å². The van der Waals surface area contributed by atoms with Crippen molar-refractivity contribution in [3.63, 3.8) is 0 Å². The maximum atomic E-state index is 2.54. The summed E-state index contributed by atoms with van der Waals surface area (Å²) >= 11 is 0. The Balaban J connectivity index is 1.15. The Kier molecular flexibility index (Phi) is 12.3. The van der Waals surface area contributed by atoms with E-state index in [2.05, 4.69) is 304 Å². The minimum Gasteiger partial charge on any atom is -0.310 e. The molecular formula is C76H82N2. The van der Waals surface area contributed by atoms with E-state index < -0.39 is 0 Å². The molecule has 0 aliphatic rings. The van der Waals surface area contributed by atoms with Gasteiger partial charge >= 0.3 is 0 Å². The fourth-order valence-electron chi connectivity index (χ4n) is 11.8. The predicted molar refractivity (Wildman–Crippen MR) is 342 cm³/mol. The minimum absolute atomic E-state index is 0.00457. The second-order valence-electron chi connectivity index (χ2n) is 28.9. The van der Waals surface area contributed by atoms with Gasteiger partial charge in [0.2, 0.25) is 0 Å². The summed E-state index contributed by atoms with van der Waals surface area (Å²) in [7, 11) is 0. The van der Waals surface area contributed by atoms with Crippen molar-refractivity contribution in [1.29, 1.82) is 0 Å². The normalized spacial score (nSPS) is 13.3. The molecule has 0 saturated heterocycles. The van der Waals surface area contributed by atoms with Gasteiger partial charge in [0.15, 0.2) is 0 Å². The van der Waals surface area contributed by atoms with Crippen molar-refractivity contribution in [3.05, 3.63) is 203 Å². The van der Waals surface area contributed by atoms with Crippen LogP contribution in [-0.2, 0) is 32.5 Å². The van der Waals surface area contributed by atoms with Crippen molar-refractivity contribution in [2.24, 2.45) is 0 Å². The van der Waals surface area contributed by atoms with Crippen LogP contribution in [0.5, 0.6) is 0 Å². The van der Waals surface area contributed by atoms with Crippen LogP contribution in [0.3, 0.4) is 0 Å². The van der Waals surface area contributed by atoms with E-state index >= 15 is 0 Å². The molecule has 78 heavy (non-hydrogen) atoms. The largest absolute Gasteiger partial charge is 0.310 e. The molecule has 0 aliphatic heterocycles. The van der Waals surface area contributed by atoms with Crippen molar-refractivity contribution in [2.75, 3.05) is 4.90 Å². The Morgan fingerprint density at radius 3 is 1.17 bits per heavy atom. The summed E-state index contributed by atoms with van der Waals surface area (Å²) in [6.45, 7) is 42.0. The van der Waals surface area contributed by atoms with Crippen LogP contribution in [0.15, 0.2) is 170 Å². The highest BCUT2D eigenvalue weighted by atomic mass is 15.1. The summed E-state index contributed by atoms with van der Waals surface area (Å²) in [5, 5.41) is 10.2. The Morgan fingerprint density at radius 2 is 0.679 bits per heavy atom. The second kappa shape index (κ2) is 18.2. The van der Waals surface area contributed by atoms with Crippen LogP contribution >= 0.6 is 0 Å². The molecule has 0 amide bonds. The number of fused-ring (bicyclic) bond motifs is 3. The van der Waals surface area contributed by atoms with Gasteiger partial charge in [-0.15, -0.1) is 0 Å². The smallest absolute Gasteiger partial charge is 0.0541 e. The van der Waals surface area contributed by atoms with Crippen molar-refractivity contribution in [1.82, 2.24) is 4.57 Å². The summed E-state index contributed by atoms with van der Waals surface area (Å²) in [6.07, 6.45) is 0. The van der Waals surface area contributed by atoms with Crippen molar-refractivity contribution in [2.45, 2.75) is 157 Å². The van der Waals surface area contributed by atoms with Gasteiger partial charge in [0.25, 0.3) is 0 Å². The van der Waals surface area contributed by atoms with E-state index in [-0.39, 0.29) is 32.5 Å². The SMILES string of the molecule is CC(C)(C)c1cc(-c2cc(N(c3ccccc3)c3ccc4ccc5c(-n6c7ccc(C(C)(C)C)cc7c7cc(C(C)(C)C)ccc76)ccc6ccc3c4c65)cc(C(C)(C)C)c2)cc(-c2cc(C(C)(C)C)cc(C(C)(C)C)c2)c1. The summed E-state index contributed by atoms with van der Waals surface area (Å²) < 4.78 is 2.54. The molecule has 11 rings (SSSR count). The summed E-state index contributed by atoms with van der Waals surface area (Å²) in [5.74, 6) is 0. The molecule has 396 valence electrons. The lowest BCUT2D eigenvalue weighted by Crippen LogP contribution is -2.16. The highest BCUT2D eigenvalue weighted by Crippen LogP contribution is 2.48. The lowest BCUT2D eigenvalue weighted by molar-refractivity contribution is 0.569. The molecule has 0 saturated carbocycles. The van der Waals surface area contributed by atoms with E-state index in [0.29, 0.717) is 0 Å². The number of anilines is 3. The fourth-order valence-corrected chi connectivity index (χ4v) is 11.8. The molecular weight excluding hydrogens is 941 g/mol. The zero-order valence-corrected chi connectivity index (χ0v) is 50.1. The molecule has 0 spiro atoms. The molecule has 1 heterocycles. The van der Waals surface area contributed by atoms with Crippen LogP contribution in [0.25, 0.3) is 82.1 Å². The fraction of sp³-hybridized carbons (Fsp3) is 0.316. The molecule has 0 aliphatic carbocycles. The molecule has 11 aromatic rings. The van der Waals surface area contributed by atoms with Crippen LogP contribution in [0.2, 0.25) is 0 Å². The summed E-state index contributed by atoms with van der Waals surface area (Å²) in [5.41, 5.74) is 20.0. The predicted octanol–water partition coefficient (Wildman–Crippen LogP) is 22.3. The van der Waals surface area contributed by atoms with Gasteiger partial charge in [-0.3, -0.25) is 0 Å². The molecule has 0 unspecified atom stereocenters. The topological polar surface area (TPSA) is 8.17 Å². The first-order chi connectivity index (χ1) is 36.4. The number of hydrogen-bond acceptors (Lipinski definition) is 1. The first-order valence-electron chi connectivity index (χ1n) is 28.6. The molecule has 0 atom stereocenters. The van der Waals surface area contributed by atoms with Crippen molar-refractivity contribution in [3.8, 4) is 27.9 Å². The molecule has 10 aromatic carbocycles. The van der Waals surface area contributed by atoms with E-state index in [9.17, 15) is 0 Å². The van der Waals surface area contributed by atoms with Crippen molar-refractivity contribution < 1.29 is 0 Å². The van der Waals surface area contributed by atoms with Gasteiger partial charge in [0.1, 0.15) is 0 Å². The molecule has 0 bridgehead atoms. The Morgan fingerprint density at radius 1 is 0.282 bits per heavy atom. The second-order valence-corrected chi connectivity index (χ2v) is 28.9. The number of aromatic nitrogens is 1. The van der Waals surface area contributed by atoms with Gasteiger partial charge in [0, 0.05) is 32.9 Å². The highest BCUT2D eigenvalue weighted by Gasteiger charge is 2.28. The average Bonchev–Trinajstić information content (AvgIpc) is 3.92. The molecule has 0 N–H and O–H groups in total. The lowest BCUT2D eigenvalue weighted by Gasteiger charge is -2.30. The molecule has 2 nitrogen and oxygen atoms in total. The first kappa shape index (κ1) is 52.9. The quantitative estimate of drug-likeness (QED) is 0.151. The molecule has 0 radical (unpaired) electrons. The van der Waals surface area contributed by atoms with Crippen LogP contribution in [-0.4, -0.2) is 4.57 Å². The van der Waals surface area contributed by atoms with E-state index in [0.717, 1.165) is 17.1 Å². The van der Waals surface area contributed by atoms with Crippen LogP contribution < -0.4 is 4.90 Å². The van der Waals surface area contributed by atoms with Gasteiger partial charge in [-0.05, 0) is 176 Å². The number of hydrogen-bond donors (Lipinski definition) is 0. The van der Waals surface area contributed by atoms with Gasteiger partial charge in [0.05, 0.1) is 22.4 Å². The molecule has 0 fully saturated rings. The van der Waals surface area contributed by atoms with Crippen LogP contribution in [0.1, 0.15) is 158 Å². The van der Waals surface area contributed by atoms with Gasteiger partial charge < -0.3 is 9.47 Å². The third-order valence-electron chi connectivity index (χ3n) is 16.8. The summed E-state index contributed by atoms with van der Waals surface area (Å²) in [4.78, 5) is 2.52. The van der Waals surface area contributed by atoms with Gasteiger partial charge in [-0.25, -0.2) is 0 Å². The maximum absolute atomic E-state index is 2.54. The van der Waals surface area contributed by atoms with Crippen LogP contribution in [0, 0.1) is 0 Å². The Hall–Kier alpha value is -7.16. The first-order valence-corrected chi connectivity index (χ1v) is 28.6. The highest BCUT2D eigenvalue weighted by molar-refractivity contribution is 6.27. The lowest BCUT2D eigenvalue weighted by atomic mass is 9.78. The maximum Gasteiger partial charge on any atom is 0.0541 e. The minimum atomic E-state index is -0.130. The number of para-hydroxylation sites is 1. The number of rotatable bonds is 6. The molecule has 1 aromatic heterocycles. The third kappa shape index (κ3) is 9.48. The van der Waals surface area contributed by atoms with Crippen LogP contribution in [0.4, 0.5) is 17.1 Å². The van der Waals surface area contributed by atoms with Gasteiger partial charge in [-0.2, -0.15) is 0 Å². The number of benzene rings is 10. The van der Waals surface area contributed by atoms with Gasteiger partial charge in [-0.1, -0.05) is 228 Å². The zero-order valence-electron chi connectivity index (χ0n) is 50.1. The van der Waals surface area contributed by atoms with Crippen molar-refractivity contribution >= 4 is 71.2 Å². The third-order valence-corrected chi connectivity index (χ3v) is 16.8. The summed E-state index contributed by atoms with van der Waals surface area (Å²) in [6, 6.07) is 66.3. The Labute approximate surface area is 466 Å². The average molecular weight is 1020 g/mol. The zero-order chi connectivity index (χ0) is 55.8. The van der Waals surface area contributed by atoms with E-state index in [4.69, 9.17) is 0 Å². The Bertz CT molecular complexity index is 4010. The standard InChI is InChI=1S/C76H82N2/c1-71(2,3)53-28-34-67-63(45-53)64-46-54(72(4,5)6)29-35-68(64)78(67)66-33-27-48-24-30-61-65(32-26-47-25-31-62(66)70(48)69(47)61)77(59-22-20-19-21-23-59)60-42-52(41-58(44-60)76(16,17)18)50-36-49(37-55(38-50)73(7,8)9)51-39-56(74(10,11)12)43-57(40-51)75(13,14)15/h19-46H,1-18H3. The van der Waals surface area contributed by atoms with E-state index in [1.807, 2.05) is 0 Å². The molecule has 2 heteroatoms.